The molecule has 1 fully saturated rings. The van der Waals surface area contributed by atoms with Gasteiger partial charge in [0.05, 0.1) is 18.8 Å². The van der Waals surface area contributed by atoms with Gasteiger partial charge in [-0.25, -0.2) is 0 Å². The third-order valence-corrected chi connectivity index (χ3v) is 5.07. The lowest BCUT2D eigenvalue weighted by Crippen LogP contribution is -2.50. The molecule has 1 unspecified atom stereocenters. The van der Waals surface area contributed by atoms with Gasteiger partial charge in [-0.15, -0.1) is 0 Å². The molecule has 1 aromatic heterocycles. The smallest absolute Gasteiger partial charge is 0.253 e. The molecule has 6 nitrogen and oxygen atoms in total. The van der Waals surface area contributed by atoms with E-state index in [1.807, 2.05) is 38.1 Å². The fraction of sp³-hybridized carbons (Fsp3) is 0.429. The fourth-order valence-electron chi connectivity index (χ4n) is 3.57. The van der Waals surface area contributed by atoms with Crippen LogP contribution in [-0.4, -0.2) is 53.6 Å². The van der Waals surface area contributed by atoms with E-state index in [1.54, 1.807) is 11.8 Å². The minimum atomic E-state index is -0.572. The molecule has 1 aliphatic rings. The van der Waals surface area contributed by atoms with Crippen LogP contribution < -0.4 is 5.32 Å². The number of carbonyl (C=O) groups excluding carboxylic acids is 2. The lowest BCUT2D eigenvalue weighted by atomic mass is 10.2. The summed E-state index contributed by atoms with van der Waals surface area (Å²) in [4.78, 5) is 27.1. The number of aromatic nitrogens is 1. The van der Waals surface area contributed by atoms with Crippen LogP contribution >= 0.6 is 0 Å². The first-order valence-corrected chi connectivity index (χ1v) is 9.32. The summed E-state index contributed by atoms with van der Waals surface area (Å²) in [5.41, 5.74) is 4.65. The van der Waals surface area contributed by atoms with Crippen molar-refractivity contribution in [3.63, 3.8) is 0 Å². The van der Waals surface area contributed by atoms with Crippen LogP contribution in [0.15, 0.2) is 30.3 Å². The van der Waals surface area contributed by atoms with Gasteiger partial charge >= 0.3 is 0 Å². The van der Waals surface area contributed by atoms with E-state index in [-0.39, 0.29) is 11.8 Å². The first-order valence-electron chi connectivity index (χ1n) is 9.32. The van der Waals surface area contributed by atoms with E-state index < -0.39 is 6.04 Å². The molecule has 1 aromatic carbocycles. The molecule has 2 amide bonds. The third-order valence-electron chi connectivity index (χ3n) is 5.07. The van der Waals surface area contributed by atoms with Crippen molar-refractivity contribution in [3.8, 4) is 5.69 Å². The van der Waals surface area contributed by atoms with Gasteiger partial charge in [0.15, 0.2) is 0 Å². The Morgan fingerprint density at radius 3 is 2.44 bits per heavy atom. The van der Waals surface area contributed by atoms with E-state index in [2.05, 4.69) is 22.9 Å². The predicted molar refractivity (Wildman–Crippen MR) is 104 cm³/mol. The maximum absolute atomic E-state index is 12.8. The first-order chi connectivity index (χ1) is 12.9. The summed E-state index contributed by atoms with van der Waals surface area (Å²) in [5, 5.41) is 2.86. The van der Waals surface area contributed by atoms with Crippen LogP contribution in [0.2, 0.25) is 0 Å². The van der Waals surface area contributed by atoms with E-state index >= 15 is 0 Å². The molecule has 0 saturated carbocycles. The Bertz CT molecular complexity index is 850. The van der Waals surface area contributed by atoms with Crippen LogP contribution in [0.25, 0.3) is 5.69 Å². The molecule has 2 heterocycles. The molecule has 27 heavy (non-hydrogen) atoms. The largest absolute Gasteiger partial charge is 0.378 e. The van der Waals surface area contributed by atoms with Crippen molar-refractivity contribution < 1.29 is 14.3 Å². The summed E-state index contributed by atoms with van der Waals surface area (Å²) >= 11 is 0. The maximum atomic E-state index is 12.8. The van der Waals surface area contributed by atoms with Crippen LogP contribution in [0.4, 0.5) is 0 Å². The number of rotatable bonds is 4. The standard InChI is InChI=1S/C21H27N3O3/c1-14-7-5-6-8-19(14)24-15(2)13-18(17(24)4)20(25)22-16(3)21(26)23-9-11-27-12-10-23/h5-8,13,16H,9-12H2,1-4H3,(H,22,25). The lowest BCUT2D eigenvalue weighted by molar-refractivity contribution is -0.136. The number of morpholine rings is 1. The van der Waals surface area contributed by atoms with Crippen molar-refractivity contribution >= 4 is 11.8 Å². The molecule has 2 aromatic rings. The monoisotopic (exact) mass is 369 g/mol. The maximum Gasteiger partial charge on any atom is 0.253 e. The van der Waals surface area contributed by atoms with E-state index in [0.717, 1.165) is 22.6 Å². The molecule has 0 aliphatic carbocycles. The van der Waals surface area contributed by atoms with Gasteiger partial charge in [0, 0.05) is 30.2 Å². The van der Waals surface area contributed by atoms with Crippen LogP contribution in [0.5, 0.6) is 0 Å². The highest BCUT2D eigenvalue weighted by Gasteiger charge is 2.25. The SMILES string of the molecule is Cc1ccccc1-n1c(C)cc(C(=O)NC(C)C(=O)N2CCOCC2)c1C. The molecule has 0 radical (unpaired) electrons. The molecular formula is C21H27N3O3. The lowest BCUT2D eigenvalue weighted by Gasteiger charge is -2.29. The second-order valence-electron chi connectivity index (χ2n) is 7.04. The normalized spacial score (nSPS) is 15.5. The number of para-hydroxylation sites is 1. The van der Waals surface area contributed by atoms with Crippen molar-refractivity contribution in [2.45, 2.75) is 33.7 Å². The zero-order valence-electron chi connectivity index (χ0n) is 16.4. The molecule has 1 atom stereocenters. The highest BCUT2D eigenvalue weighted by atomic mass is 16.5. The summed E-state index contributed by atoms with van der Waals surface area (Å²) in [7, 11) is 0. The Morgan fingerprint density at radius 1 is 1.11 bits per heavy atom. The van der Waals surface area contributed by atoms with Gasteiger partial charge in [-0.3, -0.25) is 9.59 Å². The van der Waals surface area contributed by atoms with Gasteiger partial charge in [0.25, 0.3) is 5.91 Å². The molecule has 0 spiro atoms. The van der Waals surface area contributed by atoms with Gasteiger partial charge in [-0.1, -0.05) is 18.2 Å². The Morgan fingerprint density at radius 2 is 1.78 bits per heavy atom. The van der Waals surface area contributed by atoms with Crippen molar-refractivity contribution in [2.24, 2.45) is 0 Å². The van der Waals surface area contributed by atoms with Crippen molar-refractivity contribution in [1.29, 1.82) is 0 Å². The zero-order chi connectivity index (χ0) is 19.6. The Balaban J connectivity index is 1.78. The number of hydrogen-bond acceptors (Lipinski definition) is 3. The summed E-state index contributed by atoms with van der Waals surface area (Å²) in [6.45, 7) is 9.93. The van der Waals surface area contributed by atoms with Crippen LogP contribution in [0, 0.1) is 20.8 Å². The summed E-state index contributed by atoms with van der Waals surface area (Å²) in [6.07, 6.45) is 0. The first kappa shape index (κ1) is 19.2. The van der Waals surface area contributed by atoms with Gasteiger partial charge in [0.2, 0.25) is 5.91 Å². The number of aryl methyl sites for hydroxylation is 2. The van der Waals surface area contributed by atoms with Crippen molar-refractivity contribution in [2.75, 3.05) is 26.3 Å². The average molecular weight is 369 g/mol. The van der Waals surface area contributed by atoms with Crippen molar-refractivity contribution in [3.05, 3.63) is 52.8 Å². The summed E-state index contributed by atoms with van der Waals surface area (Å²) in [5.74, 6) is -0.295. The second-order valence-corrected chi connectivity index (χ2v) is 7.04. The van der Waals surface area contributed by atoms with E-state index in [9.17, 15) is 9.59 Å². The fourth-order valence-corrected chi connectivity index (χ4v) is 3.57. The van der Waals surface area contributed by atoms with Gasteiger partial charge in [0.1, 0.15) is 6.04 Å². The number of hydrogen-bond donors (Lipinski definition) is 1. The molecule has 1 saturated heterocycles. The number of carbonyl (C=O) groups is 2. The Hall–Kier alpha value is -2.60. The number of nitrogens with zero attached hydrogens (tertiary/aromatic N) is 2. The molecule has 144 valence electrons. The van der Waals surface area contributed by atoms with Crippen LogP contribution in [-0.2, 0) is 9.53 Å². The highest BCUT2D eigenvalue weighted by Crippen LogP contribution is 2.23. The summed E-state index contributed by atoms with van der Waals surface area (Å²) in [6, 6.07) is 9.39. The van der Waals surface area contributed by atoms with E-state index in [4.69, 9.17) is 4.74 Å². The minimum Gasteiger partial charge on any atom is -0.378 e. The van der Waals surface area contributed by atoms with Crippen molar-refractivity contribution in [1.82, 2.24) is 14.8 Å². The summed E-state index contributed by atoms with van der Waals surface area (Å²) < 4.78 is 7.36. The predicted octanol–water partition coefficient (Wildman–Crippen LogP) is 2.38. The number of benzene rings is 1. The molecular weight excluding hydrogens is 342 g/mol. The quantitative estimate of drug-likeness (QED) is 0.900. The van der Waals surface area contributed by atoms with Gasteiger partial charge in [-0.05, 0) is 45.4 Å². The Labute approximate surface area is 160 Å². The molecule has 3 rings (SSSR count). The topological polar surface area (TPSA) is 63.6 Å². The van der Waals surface area contributed by atoms with Crippen LogP contribution in [0.3, 0.4) is 0 Å². The number of amides is 2. The van der Waals surface area contributed by atoms with Gasteiger partial charge < -0.3 is 19.5 Å². The Kier molecular flexibility index (Phi) is 5.65. The highest BCUT2D eigenvalue weighted by molar-refractivity contribution is 5.98. The molecule has 1 N–H and O–H groups in total. The average Bonchev–Trinajstić information content (AvgIpc) is 2.96. The number of nitrogens with one attached hydrogen (secondary N) is 1. The molecule has 1 aliphatic heterocycles. The minimum absolute atomic E-state index is 0.0700. The van der Waals surface area contributed by atoms with E-state index in [0.29, 0.717) is 31.9 Å². The number of ether oxygens (including phenoxy) is 1. The molecule has 0 bridgehead atoms. The van der Waals surface area contributed by atoms with Gasteiger partial charge in [-0.2, -0.15) is 0 Å². The molecule has 6 heteroatoms. The third kappa shape index (κ3) is 3.90. The van der Waals surface area contributed by atoms with Crippen LogP contribution in [0.1, 0.15) is 34.2 Å². The van der Waals surface area contributed by atoms with E-state index in [1.165, 1.54) is 0 Å². The zero-order valence-corrected chi connectivity index (χ0v) is 16.4. The second kappa shape index (κ2) is 7.96.